The van der Waals surface area contributed by atoms with Gasteiger partial charge < -0.3 is 14.3 Å². The Labute approximate surface area is 184 Å². The first-order chi connectivity index (χ1) is 14.6. The molecule has 1 saturated heterocycles. The maximum Gasteiger partial charge on any atom is 0.331 e. The Hall–Kier alpha value is -1.69. The zero-order valence-electron chi connectivity index (χ0n) is 19.4. The molecule has 4 fully saturated rings. The number of hydrogen-bond donors (Lipinski definition) is 0. The number of carbonyl (C=O) groups is 2. The van der Waals surface area contributed by atoms with Gasteiger partial charge in [0.15, 0.2) is 0 Å². The van der Waals surface area contributed by atoms with Crippen molar-refractivity contribution in [3.63, 3.8) is 0 Å². The van der Waals surface area contributed by atoms with Crippen LogP contribution in [0.25, 0.3) is 0 Å². The Morgan fingerprint density at radius 2 is 1.87 bits per heavy atom. The van der Waals surface area contributed by atoms with Gasteiger partial charge >= 0.3 is 11.9 Å². The van der Waals surface area contributed by atoms with Gasteiger partial charge in [-0.15, -0.1) is 0 Å². The number of epoxide rings is 1. The van der Waals surface area contributed by atoms with Crippen molar-refractivity contribution in [3.05, 3.63) is 11.6 Å². The lowest BCUT2D eigenvalue weighted by atomic mass is 9.47. The van der Waals surface area contributed by atoms with Crippen molar-refractivity contribution in [1.29, 1.82) is 0 Å². The van der Waals surface area contributed by atoms with Gasteiger partial charge in [-0.05, 0) is 68.6 Å². The highest BCUT2D eigenvalue weighted by Crippen LogP contribution is 2.73. The standard InChI is InChI=1S/C25H35NO5/c1-14(26-31-16(3)28)25-22(30-25)13-21-19-7-6-17-12-18(29-15(2)27)8-10-23(17,4)20(19)9-11-24(21,25)5/h6,18-22H,7-13H2,1-5H3/t18-,19-,20+,21+,22+,23-,24-,25-/m0/s1. The molecule has 0 N–H and O–H groups in total. The van der Waals surface area contributed by atoms with E-state index in [9.17, 15) is 9.59 Å². The van der Waals surface area contributed by atoms with Crippen LogP contribution in [0.1, 0.15) is 79.6 Å². The van der Waals surface area contributed by atoms with Crippen LogP contribution in [0.4, 0.5) is 0 Å². The molecule has 0 unspecified atom stereocenters. The number of nitrogens with zero attached hydrogens (tertiary/aromatic N) is 1. The van der Waals surface area contributed by atoms with Crippen LogP contribution in [-0.2, 0) is 23.9 Å². The average molecular weight is 430 g/mol. The van der Waals surface area contributed by atoms with Gasteiger partial charge in [-0.2, -0.15) is 0 Å². The van der Waals surface area contributed by atoms with E-state index in [1.54, 1.807) is 0 Å². The number of esters is 1. The number of hydrogen-bond acceptors (Lipinski definition) is 6. The van der Waals surface area contributed by atoms with Gasteiger partial charge in [-0.25, -0.2) is 4.79 Å². The fourth-order valence-electron chi connectivity index (χ4n) is 8.25. The molecule has 0 spiro atoms. The van der Waals surface area contributed by atoms with E-state index in [1.807, 2.05) is 6.92 Å². The van der Waals surface area contributed by atoms with Gasteiger partial charge in [-0.1, -0.05) is 30.7 Å². The molecule has 8 atom stereocenters. The summed E-state index contributed by atoms with van der Waals surface area (Å²) in [5.41, 5.74) is 2.20. The molecule has 4 aliphatic carbocycles. The monoisotopic (exact) mass is 429 g/mol. The van der Waals surface area contributed by atoms with E-state index in [2.05, 4.69) is 25.1 Å². The summed E-state index contributed by atoms with van der Waals surface area (Å²) in [6.45, 7) is 9.69. The molecule has 6 nitrogen and oxygen atoms in total. The number of carbonyl (C=O) groups excluding carboxylic acids is 2. The van der Waals surface area contributed by atoms with Crippen LogP contribution in [0.5, 0.6) is 0 Å². The molecule has 5 aliphatic rings. The first kappa shape index (κ1) is 21.2. The highest BCUT2D eigenvalue weighted by atomic mass is 16.7. The maximum absolute atomic E-state index is 11.5. The second kappa shape index (κ2) is 6.90. The van der Waals surface area contributed by atoms with E-state index < -0.39 is 5.97 Å². The summed E-state index contributed by atoms with van der Waals surface area (Å²) in [5.74, 6) is 1.35. The second-order valence-corrected chi connectivity index (χ2v) is 11.0. The molecule has 3 saturated carbocycles. The third-order valence-corrected chi connectivity index (χ3v) is 9.67. The van der Waals surface area contributed by atoms with E-state index in [1.165, 1.54) is 25.8 Å². The minimum absolute atomic E-state index is 0.0310. The summed E-state index contributed by atoms with van der Waals surface area (Å²) < 4.78 is 11.8. The van der Waals surface area contributed by atoms with Gasteiger partial charge in [0, 0.05) is 25.7 Å². The van der Waals surface area contributed by atoms with Crippen LogP contribution in [-0.4, -0.2) is 35.5 Å². The van der Waals surface area contributed by atoms with Crippen LogP contribution in [0.15, 0.2) is 16.8 Å². The lowest BCUT2D eigenvalue weighted by Gasteiger charge is -2.58. The summed E-state index contributed by atoms with van der Waals surface area (Å²) in [6, 6.07) is 0. The number of rotatable bonds is 3. The molecular formula is C25H35NO5. The third kappa shape index (κ3) is 2.89. The lowest BCUT2D eigenvalue weighted by Crippen LogP contribution is -2.54. The molecule has 6 heteroatoms. The van der Waals surface area contributed by atoms with Crippen LogP contribution < -0.4 is 0 Å². The Balaban J connectivity index is 1.40. The highest BCUT2D eigenvalue weighted by Gasteiger charge is 2.78. The van der Waals surface area contributed by atoms with Crippen molar-refractivity contribution in [1.82, 2.24) is 0 Å². The highest BCUT2D eigenvalue weighted by molar-refractivity contribution is 5.95. The van der Waals surface area contributed by atoms with Crippen molar-refractivity contribution in [2.24, 2.45) is 33.7 Å². The number of fused-ring (bicyclic) bond motifs is 7. The van der Waals surface area contributed by atoms with E-state index >= 15 is 0 Å². The van der Waals surface area contributed by atoms with E-state index in [4.69, 9.17) is 14.3 Å². The molecule has 0 aromatic rings. The van der Waals surface area contributed by atoms with Crippen molar-refractivity contribution in [2.75, 3.05) is 0 Å². The predicted molar refractivity (Wildman–Crippen MR) is 115 cm³/mol. The summed E-state index contributed by atoms with van der Waals surface area (Å²) in [4.78, 5) is 27.7. The predicted octanol–water partition coefficient (Wildman–Crippen LogP) is 4.57. The lowest BCUT2D eigenvalue weighted by molar-refractivity contribution is -0.148. The molecule has 0 amide bonds. The molecule has 0 bridgehead atoms. The van der Waals surface area contributed by atoms with Gasteiger partial charge in [0.2, 0.25) is 0 Å². The number of ether oxygens (including phenoxy) is 2. The fraction of sp³-hybridized carbons (Fsp3) is 0.800. The molecule has 0 aromatic heterocycles. The van der Waals surface area contributed by atoms with E-state index in [0.717, 1.165) is 44.2 Å². The topological polar surface area (TPSA) is 77.5 Å². The van der Waals surface area contributed by atoms with Crippen molar-refractivity contribution < 1.29 is 23.9 Å². The minimum atomic E-state index is -0.390. The van der Waals surface area contributed by atoms with Crippen LogP contribution in [0.2, 0.25) is 0 Å². The molecule has 170 valence electrons. The number of oxime groups is 1. The van der Waals surface area contributed by atoms with Crippen LogP contribution >= 0.6 is 0 Å². The minimum Gasteiger partial charge on any atom is -0.462 e. The van der Waals surface area contributed by atoms with E-state index in [-0.39, 0.29) is 34.6 Å². The zero-order valence-corrected chi connectivity index (χ0v) is 19.4. The summed E-state index contributed by atoms with van der Waals surface area (Å²) in [6.07, 6.45) is 10.1. The SMILES string of the molecule is CC(=O)ON=C(C)[C@]12O[C@@H]1C[C@@H]1[C@H]3CC=C4C[C@@H](OC(C)=O)CC[C@]4(C)[C@@H]3CC[C@@]12C. The first-order valence-corrected chi connectivity index (χ1v) is 11.9. The Bertz CT molecular complexity index is 879. The average Bonchev–Trinajstić information content (AvgIpc) is 3.38. The molecule has 31 heavy (non-hydrogen) atoms. The summed E-state index contributed by atoms with van der Waals surface area (Å²) >= 11 is 0. The third-order valence-electron chi connectivity index (χ3n) is 9.67. The Morgan fingerprint density at radius 3 is 2.58 bits per heavy atom. The summed E-state index contributed by atoms with van der Waals surface area (Å²) in [5, 5.41) is 4.16. The van der Waals surface area contributed by atoms with Gasteiger partial charge in [0.25, 0.3) is 0 Å². The molecular weight excluding hydrogens is 394 g/mol. The molecule has 1 aliphatic heterocycles. The first-order valence-electron chi connectivity index (χ1n) is 11.9. The van der Waals surface area contributed by atoms with Crippen LogP contribution in [0, 0.1) is 28.6 Å². The quantitative estimate of drug-likeness (QED) is 0.164. The van der Waals surface area contributed by atoms with Crippen LogP contribution in [0.3, 0.4) is 0 Å². The smallest absolute Gasteiger partial charge is 0.331 e. The van der Waals surface area contributed by atoms with Crippen molar-refractivity contribution in [3.8, 4) is 0 Å². The fourth-order valence-corrected chi connectivity index (χ4v) is 8.25. The largest absolute Gasteiger partial charge is 0.462 e. The zero-order chi connectivity index (χ0) is 22.2. The van der Waals surface area contributed by atoms with Gasteiger partial charge in [0.05, 0.1) is 11.8 Å². The molecule has 1 heterocycles. The van der Waals surface area contributed by atoms with E-state index in [0.29, 0.717) is 17.8 Å². The second-order valence-electron chi connectivity index (χ2n) is 11.0. The number of allylic oxidation sites excluding steroid dienone is 1. The molecule has 0 aromatic carbocycles. The Kier molecular flexibility index (Phi) is 4.71. The van der Waals surface area contributed by atoms with Crippen molar-refractivity contribution in [2.45, 2.75) is 97.4 Å². The van der Waals surface area contributed by atoms with Crippen molar-refractivity contribution >= 4 is 17.7 Å². The van der Waals surface area contributed by atoms with Gasteiger partial charge in [0.1, 0.15) is 11.7 Å². The summed E-state index contributed by atoms with van der Waals surface area (Å²) in [7, 11) is 0. The van der Waals surface area contributed by atoms with Gasteiger partial charge in [-0.3, -0.25) is 4.79 Å². The normalized spacial score (nSPS) is 47.8. The maximum atomic E-state index is 11.5. The molecule has 0 radical (unpaired) electrons. The molecule has 5 rings (SSSR count). The Morgan fingerprint density at radius 1 is 1.10 bits per heavy atom.